The molecule has 2 aromatic carbocycles. The van der Waals surface area contributed by atoms with Crippen molar-refractivity contribution in [1.82, 2.24) is 4.98 Å². The lowest BCUT2D eigenvalue weighted by Crippen LogP contribution is -2.16. The number of rotatable bonds is 11. The third kappa shape index (κ3) is 7.35. The van der Waals surface area contributed by atoms with Gasteiger partial charge in [-0.3, -0.25) is 4.79 Å². The first-order valence-electron chi connectivity index (χ1n) is 10.3. The Bertz CT molecular complexity index is 1050. The van der Waals surface area contributed by atoms with Crippen LogP contribution in [0.5, 0.6) is 11.5 Å². The van der Waals surface area contributed by atoms with E-state index in [1.807, 2.05) is 61.9 Å². The first-order chi connectivity index (χ1) is 16.0. The van der Waals surface area contributed by atoms with Crippen LogP contribution in [0.25, 0.3) is 0 Å². The monoisotopic (exact) mass is 500 g/mol. The van der Waals surface area contributed by atoms with Gasteiger partial charge in [-0.2, -0.15) is 0 Å². The molecule has 0 unspecified atom stereocenters. The molecule has 8 heteroatoms. The van der Waals surface area contributed by atoms with Gasteiger partial charge in [0.15, 0.2) is 11.5 Å². The molecule has 0 spiro atoms. The van der Waals surface area contributed by atoms with E-state index in [2.05, 4.69) is 22.4 Å². The quantitative estimate of drug-likeness (QED) is 0.188. The molecular weight excluding hydrogens is 472 g/mol. The fraction of sp³-hybridized carbons (Fsp3) is 0.280. The number of hydrogen-bond donors (Lipinski definition) is 1. The van der Waals surface area contributed by atoms with Crippen molar-refractivity contribution in [2.24, 2.45) is 0 Å². The van der Waals surface area contributed by atoms with Crippen LogP contribution < -0.4 is 14.8 Å². The number of aromatic nitrogens is 1. The van der Waals surface area contributed by atoms with Crippen LogP contribution in [0, 0.1) is 6.92 Å². The fourth-order valence-corrected chi connectivity index (χ4v) is 5.22. The Morgan fingerprint density at radius 1 is 1.00 bits per heavy atom. The topological polar surface area (TPSA) is 60.5 Å². The Kier molecular flexibility index (Phi) is 9.84. The second-order valence-corrected chi connectivity index (χ2v) is 9.73. The molecule has 0 aliphatic heterocycles. The van der Waals surface area contributed by atoms with Crippen molar-refractivity contribution in [3.63, 3.8) is 0 Å². The Balaban J connectivity index is 1.61. The zero-order valence-corrected chi connectivity index (χ0v) is 21.7. The third-order valence-corrected chi connectivity index (χ3v) is 7.02. The number of amides is 1. The second kappa shape index (κ2) is 12.8. The molecule has 0 saturated carbocycles. The smallest absolute Gasteiger partial charge is 0.228 e. The van der Waals surface area contributed by atoms with Crippen molar-refractivity contribution < 1.29 is 14.3 Å². The molecule has 0 aliphatic rings. The van der Waals surface area contributed by atoms with Gasteiger partial charge in [0.25, 0.3) is 0 Å². The maximum Gasteiger partial charge on any atom is 0.228 e. The summed E-state index contributed by atoms with van der Waals surface area (Å²) in [6, 6.07) is 17.9. The molecule has 0 bridgehead atoms. The summed E-state index contributed by atoms with van der Waals surface area (Å²) in [5.74, 6) is 2.58. The number of carbonyl (C=O) groups excluding carboxylic acids is 1. The summed E-state index contributed by atoms with van der Waals surface area (Å²) < 4.78 is 11.4. The SMILES string of the molecule is COc1cc(CC(=O)Nc2c(SC)cc(C)nc2SC)ccc1OCSCc1ccccc1. The molecule has 0 aliphatic carbocycles. The van der Waals surface area contributed by atoms with Crippen molar-refractivity contribution in [1.29, 1.82) is 0 Å². The van der Waals surface area contributed by atoms with Crippen LogP contribution in [-0.4, -0.2) is 36.5 Å². The normalized spacial score (nSPS) is 10.7. The minimum atomic E-state index is -0.0969. The highest BCUT2D eigenvalue weighted by Crippen LogP contribution is 2.34. The van der Waals surface area contributed by atoms with Gasteiger partial charge in [-0.15, -0.1) is 35.3 Å². The number of methoxy groups -OCH3 is 1. The summed E-state index contributed by atoms with van der Waals surface area (Å²) in [6.07, 6.45) is 4.19. The van der Waals surface area contributed by atoms with Crippen LogP contribution in [0.4, 0.5) is 5.69 Å². The number of ether oxygens (including phenoxy) is 2. The summed E-state index contributed by atoms with van der Waals surface area (Å²) in [5, 5.41) is 3.87. The summed E-state index contributed by atoms with van der Waals surface area (Å²) in [5.41, 5.74) is 3.82. The van der Waals surface area contributed by atoms with Crippen LogP contribution in [0.1, 0.15) is 16.8 Å². The van der Waals surface area contributed by atoms with Crippen LogP contribution in [0.15, 0.2) is 64.5 Å². The van der Waals surface area contributed by atoms with Crippen molar-refractivity contribution in [3.8, 4) is 11.5 Å². The first kappa shape index (κ1) is 25.3. The maximum atomic E-state index is 12.8. The number of carbonyl (C=O) groups is 1. The zero-order chi connectivity index (χ0) is 23.6. The molecule has 5 nitrogen and oxygen atoms in total. The molecule has 3 aromatic rings. The second-order valence-electron chi connectivity index (χ2n) is 7.16. The van der Waals surface area contributed by atoms with E-state index in [9.17, 15) is 4.79 Å². The summed E-state index contributed by atoms with van der Waals surface area (Å²) in [4.78, 5) is 18.4. The standard InChI is InChI=1S/C25H28N2O3S3/c1-17-12-22(31-3)24(25(26-17)32-4)27-23(28)14-19-10-11-20(21(13-19)29-2)30-16-33-15-18-8-6-5-7-9-18/h5-13H,14-16H2,1-4H3,(H,27,28). The number of nitrogens with one attached hydrogen (secondary N) is 1. The predicted molar refractivity (Wildman–Crippen MR) is 141 cm³/mol. The van der Waals surface area contributed by atoms with Crippen molar-refractivity contribution >= 4 is 46.9 Å². The van der Waals surface area contributed by atoms with E-state index in [0.29, 0.717) is 17.4 Å². The van der Waals surface area contributed by atoms with Gasteiger partial charge in [-0.25, -0.2) is 4.98 Å². The van der Waals surface area contributed by atoms with Crippen LogP contribution >= 0.6 is 35.3 Å². The van der Waals surface area contributed by atoms with E-state index in [1.54, 1.807) is 30.6 Å². The van der Waals surface area contributed by atoms with E-state index < -0.39 is 0 Å². The molecule has 1 aromatic heterocycles. The zero-order valence-electron chi connectivity index (χ0n) is 19.2. The van der Waals surface area contributed by atoms with Gasteiger partial charge in [0, 0.05) is 16.3 Å². The molecule has 1 heterocycles. The number of hydrogen-bond acceptors (Lipinski definition) is 7. The molecule has 0 saturated heterocycles. The van der Waals surface area contributed by atoms with E-state index in [4.69, 9.17) is 9.47 Å². The Labute approximate surface area is 208 Å². The molecule has 33 heavy (non-hydrogen) atoms. The Morgan fingerprint density at radius 3 is 2.48 bits per heavy atom. The number of aryl methyl sites for hydroxylation is 1. The Morgan fingerprint density at radius 2 is 1.79 bits per heavy atom. The lowest BCUT2D eigenvalue weighted by molar-refractivity contribution is -0.115. The number of anilines is 1. The van der Waals surface area contributed by atoms with Crippen LogP contribution in [-0.2, 0) is 17.0 Å². The minimum Gasteiger partial charge on any atom is -0.493 e. The summed E-state index contributed by atoms with van der Waals surface area (Å²) in [7, 11) is 1.61. The van der Waals surface area contributed by atoms with Gasteiger partial charge in [0.05, 0.1) is 19.2 Å². The van der Waals surface area contributed by atoms with E-state index in [1.165, 1.54) is 17.3 Å². The van der Waals surface area contributed by atoms with E-state index in [-0.39, 0.29) is 12.3 Å². The summed E-state index contributed by atoms with van der Waals surface area (Å²) >= 11 is 4.81. The third-order valence-electron chi connectivity index (χ3n) is 4.76. The average molecular weight is 501 g/mol. The van der Waals surface area contributed by atoms with E-state index >= 15 is 0 Å². The minimum absolute atomic E-state index is 0.0969. The largest absolute Gasteiger partial charge is 0.493 e. The van der Waals surface area contributed by atoms with Crippen molar-refractivity contribution in [2.45, 2.75) is 29.0 Å². The highest BCUT2D eigenvalue weighted by molar-refractivity contribution is 7.99. The first-order valence-corrected chi connectivity index (χ1v) is 13.9. The number of nitrogens with zero attached hydrogens (tertiary/aromatic N) is 1. The van der Waals surface area contributed by atoms with E-state index in [0.717, 1.165) is 32.6 Å². The number of thioether (sulfide) groups is 3. The van der Waals surface area contributed by atoms with Crippen molar-refractivity contribution in [2.75, 3.05) is 30.9 Å². The van der Waals surface area contributed by atoms with Gasteiger partial charge in [0.1, 0.15) is 11.0 Å². The fourth-order valence-electron chi connectivity index (χ4n) is 3.19. The number of pyridine rings is 1. The lowest BCUT2D eigenvalue weighted by atomic mass is 10.1. The molecule has 0 radical (unpaired) electrons. The average Bonchev–Trinajstić information content (AvgIpc) is 2.83. The molecular formula is C25H28N2O3S3. The molecule has 1 amide bonds. The summed E-state index contributed by atoms with van der Waals surface area (Å²) in [6.45, 7) is 1.96. The van der Waals surface area contributed by atoms with Gasteiger partial charge >= 0.3 is 0 Å². The van der Waals surface area contributed by atoms with Gasteiger partial charge in [0.2, 0.25) is 5.91 Å². The molecule has 174 valence electrons. The Hall–Kier alpha value is -2.29. The molecule has 0 fully saturated rings. The maximum absolute atomic E-state index is 12.8. The number of benzene rings is 2. The van der Waals surface area contributed by atoms with Gasteiger partial charge in [-0.05, 0) is 48.8 Å². The van der Waals surface area contributed by atoms with Crippen LogP contribution in [0.3, 0.4) is 0 Å². The predicted octanol–water partition coefficient (Wildman–Crippen LogP) is 6.29. The molecule has 1 N–H and O–H groups in total. The van der Waals surface area contributed by atoms with Crippen LogP contribution in [0.2, 0.25) is 0 Å². The molecule has 3 rings (SSSR count). The van der Waals surface area contributed by atoms with Gasteiger partial charge < -0.3 is 14.8 Å². The molecule has 0 atom stereocenters. The van der Waals surface area contributed by atoms with Gasteiger partial charge in [-0.1, -0.05) is 36.4 Å². The van der Waals surface area contributed by atoms with Crippen molar-refractivity contribution in [3.05, 3.63) is 71.4 Å². The highest BCUT2D eigenvalue weighted by Gasteiger charge is 2.15. The highest BCUT2D eigenvalue weighted by atomic mass is 32.2. The lowest BCUT2D eigenvalue weighted by Gasteiger charge is -2.15.